The zero-order valence-electron chi connectivity index (χ0n) is 38.7. The van der Waals surface area contributed by atoms with Crippen LogP contribution in [-0.4, -0.2) is 65.7 Å². The topological polar surface area (TPSA) is 149 Å². The molecule has 0 aliphatic heterocycles. The van der Waals surface area contributed by atoms with Gasteiger partial charge in [-0.15, -0.1) is 0 Å². The maximum atomic E-state index is 12.6. The van der Waals surface area contributed by atoms with Crippen molar-refractivity contribution in [1.82, 2.24) is 0 Å². The molecule has 0 aromatic heterocycles. The first-order valence-corrected chi connectivity index (χ1v) is 25.0. The molecule has 3 atom stereocenters. The Bertz CT molecular complexity index is 1450. The Morgan fingerprint density at radius 1 is 0.492 bits per heavy atom. The molecular formula is C52H83O10P. The lowest BCUT2D eigenvalue weighted by atomic mass is 10.1. The number of unbranched alkanes of at least 4 members (excludes halogenated alkanes) is 8. The van der Waals surface area contributed by atoms with E-state index in [0.717, 1.165) is 57.8 Å². The minimum atomic E-state index is -4.66. The molecule has 0 spiro atoms. The number of phosphoric acid groups is 1. The predicted molar refractivity (Wildman–Crippen MR) is 260 cm³/mol. The average Bonchev–Trinajstić information content (AvgIpc) is 3.27. The molecular weight excluding hydrogens is 816 g/mol. The first kappa shape index (κ1) is 59.4. The Balaban J connectivity index is 4.49. The van der Waals surface area contributed by atoms with Crippen LogP contribution in [0, 0.1) is 0 Å². The van der Waals surface area contributed by atoms with Crippen molar-refractivity contribution in [3.05, 3.63) is 122 Å². The van der Waals surface area contributed by atoms with Gasteiger partial charge in [0.15, 0.2) is 6.10 Å². The number of rotatable bonds is 42. The number of phosphoric ester groups is 1. The Morgan fingerprint density at radius 2 is 0.905 bits per heavy atom. The van der Waals surface area contributed by atoms with Gasteiger partial charge in [0.1, 0.15) is 12.7 Å². The first-order chi connectivity index (χ1) is 30.7. The van der Waals surface area contributed by atoms with Gasteiger partial charge < -0.3 is 24.6 Å². The number of carbonyl (C=O) groups excluding carboxylic acids is 2. The Kier molecular flexibility index (Phi) is 43.7. The third kappa shape index (κ3) is 46.2. The number of carbonyl (C=O) groups is 2. The molecule has 0 saturated carbocycles. The number of ether oxygens (including phenoxy) is 2. The van der Waals surface area contributed by atoms with Gasteiger partial charge in [0.05, 0.1) is 19.8 Å². The van der Waals surface area contributed by atoms with E-state index in [2.05, 4.69) is 116 Å². The molecule has 0 radical (unpaired) electrons. The second-order valence-corrected chi connectivity index (χ2v) is 16.5. The molecule has 356 valence electrons. The number of aliphatic hydroxyl groups is 2. The lowest BCUT2D eigenvalue weighted by molar-refractivity contribution is -0.161. The lowest BCUT2D eigenvalue weighted by Crippen LogP contribution is -2.29. The fraction of sp³-hybridized carbons (Fsp3) is 0.577. The molecule has 0 saturated heterocycles. The summed E-state index contributed by atoms with van der Waals surface area (Å²) >= 11 is 0. The van der Waals surface area contributed by atoms with Crippen molar-refractivity contribution in [2.24, 2.45) is 0 Å². The summed E-state index contributed by atoms with van der Waals surface area (Å²) in [6, 6.07) is 0. The first-order valence-electron chi connectivity index (χ1n) is 23.5. The highest BCUT2D eigenvalue weighted by atomic mass is 31.2. The summed E-state index contributed by atoms with van der Waals surface area (Å²) in [5.41, 5.74) is 0. The van der Waals surface area contributed by atoms with Crippen molar-refractivity contribution < 1.29 is 47.8 Å². The zero-order valence-corrected chi connectivity index (χ0v) is 39.6. The summed E-state index contributed by atoms with van der Waals surface area (Å²) in [6.07, 6.45) is 60.5. The predicted octanol–water partition coefficient (Wildman–Crippen LogP) is 13.1. The van der Waals surface area contributed by atoms with Gasteiger partial charge in [-0.2, -0.15) is 0 Å². The van der Waals surface area contributed by atoms with Crippen LogP contribution in [0.15, 0.2) is 122 Å². The fourth-order valence-corrected chi connectivity index (χ4v) is 6.33. The summed E-state index contributed by atoms with van der Waals surface area (Å²) < 4.78 is 32.6. The average molecular weight is 899 g/mol. The van der Waals surface area contributed by atoms with Crippen LogP contribution in [0.25, 0.3) is 0 Å². The van der Waals surface area contributed by atoms with Crippen LogP contribution in [-0.2, 0) is 32.7 Å². The van der Waals surface area contributed by atoms with Crippen LogP contribution in [0.4, 0.5) is 0 Å². The Morgan fingerprint density at radius 3 is 1.38 bits per heavy atom. The monoisotopic (exact) mass is 899 g/mol. The maximum absolute atomic E-state index is 12.6. The van der Waals surface area contributed by atoms with Gasteiger partial charge in [0.2, 0.25) is 0 Å². The standard InChI is InChI=1S/C52H83O10P/c1-3-5-7-9-11-13-15-17-19-21-23-24-26-28-30-32-34-36-38-40-42-44-52(56)62-50(48-61-63(57,58)60-46-49(54)45-53)47-59-51(55)43-41-39-37-35-33-31-29-27-25-22-20-18-16-14-12-10-8-6-4-2/h6,8,12,14,18-21,24-27,30-33,36-39,49-50,53-54H,3-5,7,9-11,13,15-17,22-23,28-29,34-35,40-48H2,1-2H3,(H,57,58)/b8-6+,14-12+,20-18+,21-19+,26-24+,27-25+,32-30+,33-31+,38-36+,39-37+/t49-,50+/m0/s1. The van der Waals surface area contributed by atoms with Crippen LogP contribution in [0.5, 0.6) is 0 Å². The van der Waals surface area contributed by atoms with E-state index < -0.39 is 51.8 Å². The molecule has 63 heavy (non-hydrogen) atoms. The van der Waals surface area contributed by atoms with Crippen molar-refractivity contribution in [2.75, 3.05) is 26.4 Å². The van der Waals surface area contributed by atoms with E-state index in [1.807, 2.05) is 24.3 Å². The molecule has 0 aliphatic rings. The van der Waals surface area contributed by atoms with E-state index in [4.69, 9.17) is 19.1 Å². The quantitative estimate of drug-likeness (QED) is 0.0234. The third-order valence-corrected chi connectivity index (χ3v) is 10.1. The van der Waals surface area contributed by atoms with Crippen molar-refractivity contribution in [1.29, 1.82) is 0 Å². The Hall–Kier alpha value is -3.63. The van der Waals surface area contributed by atoms with Gasteiger partial charge in [0.25, 0.3) is 0 Å². The van der Waals surface area contributed by atoms with Gasteiger partial charge in [-0.1, -0.05) is 174 Å². The molecule has 0 aliphatic carbocycles. The van der Waals surface area contributed by atoms with Crippen molar-refractivity contribution in [3.63, 3.8) is 0 Å². The summed E-state index contributed by atoms with van der Waals surface area (Å²) in [5.74, 6) is -1.10. The van der Waals surface area contributed by atoms with Gasteiger partial charge in [-0.05, 0) is 89.9 Å². The number of allylic oxidation sites excluding steroid dienone is 20. The number of esters is 2. The highest BCUT2D eigenvalue weighted by molar-refractivity contribution is 7.47. The maximum Gasteiger partial charge on any atom is 0.472 e. The van der Waals surface area contributed by atoms with Gasteiger partial charge in [0, 0.05) is 12.8 Å². The lowest BCUT2D eigenvalue weighted by Gasteiger charge is -2.20. The molecule has 0 rings (SSSR count). The summed E-state index contributed by atoms with van der Waals surface area (Å²) in [6.45, 7) is 2.10. The zero-order chi connectivity index (χ0) is 46.2. The highest BCUT2D eigenvalue weighted by Crippen LogP contribution is 2.43. The van der Waals surface area contributed by atoms with Gasteiger partial charge in [-0.3, -0.25) is 18.6 Å². The molecule has 0 fully saturated rings. The third-order valence-electron chi connectivity index (χ3n) is 9.11. The van der Waals surface area contributed by atoms with Crippen molar-refractivity contribution in [3.8, 4) is 0 Å². The van der Waals surface area contributed by atoms with Crippen LogP contribution in [0.2, 0.25) is 0 Å². The molecule has 0 heterocycles. The summed E-state index contributed by atoms with van der Waals surface area (Å²) in [5, 5.41) is 18.4. The van der Waals surface area contributed by atoms with E-state index in [9.17, 15) is 24.2 Å². The van der Waals surface area contributed by atoms with Gasteiger partial charge >= 0.3 is 19.8 Å². The van der Waals surface area contributed by atoms with Crippen LogP contribution in [0.3, 0.4) is 0 Å². The highest BCUT2D eigenvalue weighted by Gasteiger charge is 2.27. The number of hydrogen-bond acceptors (Lipinski definition) is 9. The largest absolute Gasteiger partial charge is 0.472 e. The second-order valence-electron chi connectivity index (χ2n) is 15.0. The number of hydrogen-bond donors (Lipinski definition) is 3. The van der Waals surface area contributed by atoms with E-state index in [1.165, 1.54) is 51.4 Å². The van der Waals surface area contributed by atoms with Crippen LogP contribution >= 0.6 is 7.82 Å². The normalized spacial score (nSPS) is 14.8. The summed E-state index contributed by atoms with van der Waals surface area (Å²) in [4.78, 5) is 35.0. The van der Waals surface area contributed by atoms with E-state index in [1.54, 1.807) is 0 Å². The molecule has 0 bridgehead atoms. The fourth-order valence-electron chi connectivity index (χ4n) is 5.54. The molecule has 0 aromatic carbocycles. The SMILES string of the molecule is CC/C=C/C/C=C/C/C=C/C/C=C/C/C=C/C/C=C/CCC(=O)OC[C@H](COP(=O)(O)OC[C@@H](O)CO)OC(=O)CCC/C=C/C/C=C/C/C=C/C/C=C/CCCCCCCCC. The van der Waals surface area contributed by atoms with Gasteiger partial charge in [-0.25, -0.2) is 4.57 Å². The van der Waals surface area contributed by atoms with Crippen LogP contribution < -0.4 is 0 Å². The minimum Gasteiger partial charge on any atom is -0.462 e. The molecule has 1 unspecified atom stereocenters. The second kappa shape index (κ2) is 46.4. The molecule has 10 nitrogen and oxygen atoms in total. The Labute approximate surface area is 381 Å². The van der Waals surface area contributed by atoms with Crippen molar-refractivity contribution in [2.45, 2.75) is 167 Å². The van der Waals surface area contributed by atoms with Crippen molar-refractivity contribution >= 4 is 19.8 Å². The summed E-state index contributed by atoms with van der Waals surface area (Å²) in [7, 11) is -4.66. The van der Waals surface area contributed by atoms with E-state index >= 15 is 0 Å². The smallest absolute Gasteiger partial charge is 0.462 e. The molecule has 0 aromatic rings. The van der Waals surface area contributed by atoms with E-state index in [-0.39, 0.29) is 19.4 Å². The number of aliphatic hydroxyl groups excluding tert-OH is 2. The van der Waals surface area contributed by atoms with Crippen LogP contribution in [0.1, 0.15) is 155 Å². The molecule has 11 heteroatoms. The van der Waals surface area contributed by atoms with E-state index in [0.29, 0.717) is 19.3 Å². The molecule has 3 N–H and O–H groups in total. The molecule has 0 amide bonds. The minimum absolute atomic E-state index is 0.0849.